The molecule has 1 aliphatic rings. The van der Waals surface area contributed by atoms with Crippen LogP contribution >= 0.6 is 11.6 Å². The van der Waals surface area contributed by atoms with Gasteiger partial charge in [-0.05, 0) is 31.2 Å². The van der Waals surface area contributed by atoms with Gasteiger partial charge in [0.2, 0.25) is 11.8 Å². The van der Waals surface area contributed by atoms with Gasteiger partial charge in [0.1, 0.15) is 6.26 Å². The number of carbonyl (C=O) groups is 1. The molecule has 1 saturated heterocycles. The van der Waals surface area contributed by atoms with Crippen molar-refractivity contribution in [2.45, 2.75) is 19.4 Å². The van der Waals surface area contributed by atoms with Crippen molar-refractivity contribution >= 4 is 17.5 Å². The Hall–Kier alpha value is -1.89. The van der Waals surface area contributed by atoms with Crippen LogP contribution in [-0.2, 0) is 11.2 Å². The lowest BCUT2D eigenvalue weighted by atomic mass is 10.0. The van der Waals surface area contributed by atoms with Gasteiger partial charge in [-0.1, -0.05) is 11.6 Å². The number of halogens is 1. The SMILES string of the molecule is CC1NNCC1CNC(=O)Cc1coc(-c2ccc(Cl)cc2)n1. The normalized spacial score (nSPS) is 20.6. The van der Waals surface area contributed by atoms with Crippen molar-refractivity contribution in [2.75, 3.05) is 13.1 Å². The Labute approximate surface area is 139 Å². The second kappa shape index (κ2) is 7.12. The Balaban J connectivity index is 1.54. The third-order valence-electron chi connectivity index (χ3n) is 3.95. The summed E-state index contributed by atoms with van der Waals surface area (Å²) in [5, 5.41) is 3.60. The number of carbonyl (C=O) groups excluding carboxylic acids is 1. The van der Waals surface area contributed by atoms with E-state index in [1.807, 2.05) is 12.1 Å². The molecule has 7 heteroatoms. The van der Waals surface area contributed by atoms with E-state index in [1.165, 1.54) is 6.26 Å². The van der Waals surface area contributed by atoms with E-state index in [-0.39, 0.29) is 12.3 Å². The van der Waals surface area contributed by atoms with Crippen LogP contribution in [0.5, 0.6) is 0 Å². The van der Waals surface area contributed by atoms with Crippen LogP contribution in [0, 0.1) is 5.92 Å². The summed E-state index contributed by atoms with van der Waals surface area (Å²) in [6, 6.07) is 7.56. The fourth-order valence-electron chi connectivity index (χ4n) is 2.48. The zero-order chi connectivity index (χ0) is 16.2. The lowest BCUT2D eigenvalue weighted by Crippen LogP contribution is -2.36. The Morgan fingerprint density at radius 2 is 2.22 bits per heavy atom. The monoisotopic (exact) mass is 334 g/mol. The molecule has 1 aromatic carbocycles. The summed E-state index contributed by atoms with van der Waals surface area (Å²) in [7, 11) is 0. The summed E-state index contributed by atoms with van der Waals surface area (Å²) in [6.45, 7) is 3.58. The van der Waals surface area contributed by atoms with E-state index in [9.17, 15) is 4.79 Å². The third kappa shape index (κ3) is 4.10. The summed E-state index contributed by atoms with van der Waals surface area (Å²) < 4.78 is 5.43. The van der Waals surface area contributed by atoms with Gasteiger partial charge in [0.05, 0.1) is 12.1 Å². The molecule has 1 aromatic heterocycles. The minimum atomic E-state index is -0.0555. The highest BCUT2D eigenvalue weighted by atomic mass is 35.5. The predicted octanol–water partition coefficient (Wildman–Crippen LogP) is 1.77. The molecule has 3 rings (SSSR count). The van der Waals surface area contributed by atoms with Crippen LogP contribution in [0.25, 0.3) is 11.5 Å². The molecule has 23 heavy (non-hydrogen) atoms. The van der Waals surface area contributed by atoms with E-state index in [4.69, 9.17) is 16.0 Å². The first-order valence-corrected chi connectivity index (χ1v) is 7.95. The van der Waals surface area contributed by atoms with Gasteiger partial charge in [-0.2, -0.15) is 0 Å². The fraction of sp³-hybridized carbons (Fsp3) is 0.375. The minimum Gasteiger partial charge on any atom is -0.444 e. The molecule has 0 spiro atoms. The van der Waals surface area contributed by atoms with Crippen molar-refractivity contribution in [1.29, 1.82) is 0 Å². The summed E-state index contributed by atoms with van der Waals surface area (Å²) in [4.78, 5) is 16.4. The van der Waals surface area contributed by atoms with Crippen molar-refractivity contribution in [3.63, 3.8) is 0 Å². The van der Waals surface area contributed by atoms with Crippen molar-refractivity contribution in [3.05, 3.63) is 41.2 Å². The van der Waals surface area contributed by atoms with Crippen LogP contribution in [-0.4, -0.2) is 30.0 Å². The van der Waals surface area contributed by atoms with Crippen molar-refractivity contribution < 1.29 is 9.21 Å². The van der Waals surface area contributed by atoms with Gasteiger partial charge in [-0.25, -0.2) is 4.98 Å². The number of hydrazine groups is 1. The Kier molecular flexibility index (Phi) is 4.95. The number of nitrogens with zero attached hydrogens (tertiary/aromatic N) is 1. The summed E-state index contributed by atoms with van der Waals surface area (Å²) >= 11 is 5.86. The van der Waals surface area contributed by atoms with Gasteiger partial charge in [-0.15, -0.1) is 0 Å². The average molecular weight is 335 g/mol. The standard InChI is InChI=1S/C16H19ClN4O2/c1-10-12(8-19-21-10)7-18-15(22)6-14-9-23-16(20-14)11-2-4-13(17)5-3-11/h2-5,9-10,12,19,21H,6-8H2,1H3,(H,18,22). The predicted molar refractivity (Wildman–Crippen MR) is 87.8 cm³/mol. The molecule has 1 fully saturated rings. The van der Waals surface area contributed by atoms with E-state index in [0.717, 1.165) is 12.1 Å². The molecule has 2 heterocycles. The molecule has 3 N–H and O–H groups in total. The second-order valence-electron chi connectivity index (χ2n) is 5.71. The van der Waals surface area contributed by atoms with Crippen molar-refractivity contribution in [2.24, 2.45) is 5.92 Å². The average Bonchev–Trinajstić information content (AvgIpc) is 3.15. The van der Waals surface area contributed by atoms with Crippen LogP contribution in [0.1, 0.15) is 12.6 Å². The fourth-order valence-corrected chi connectivity index (χ4v) is 2.61. The topological polar surface area (TPSA) is 79.2 Å². The molecule has 2 atom stereocenters. The maximum absolute atomic E-state index is 12.0. The highest BCUT2D eigenvalue weighted by Gasteiger charge is 2.23. The Morgan fingerprint density at radius 1 is 1.43 bits per heavy atom. The molecule has 6 nitrogen and oxygen atoms in total. The van der Waals surface area contributed by atoms with Crippen LogP contribution in [0.4, 0.5) is 0 Å². The van der Waals surface area contributed by atoms with Gasteiger partial charge < -0.3 is 9.73 Å². The zero-order valence-electron chi connectivity index (χ0n) is 12.8. The molecular formula is C16H19ClN4O2. The second-order valence-corrected chi connectivity index (χ2v) is 6.14. The molecule has 0 saturated carbocycles. The maximum atomic E-state index is 12.0. The number of amides is 1. The molecule has 2 unspecified atom stereocenters. The van der Waals surface area contributed by atoms with E-state index in [2.05, 4.69) is 28.1 Å². The molecule has 2 aromatic rings. The molecule has 0 radical (unpaired) electrons. The van der Waals surface area contributed by atoms with E-state index in [1.54, 1.807) is 12.1 Å². The van der Waals surface area contributed by atoms with E-state index in [0.29, 0.717) is 35.1 Å². The molecule has 1 amide bonds. The van der Waals surface area contributed by atoms with Crippen LogP contribution in [0.15, 0.2) is 34.9 Å². The van der Waals surface area contributed by atoms with Crippen LogP contribution < -0.4 is 16.2 Å². The summed E-state index contributed by atoms with van der Waals surface area (Å²) in [6.07, 6.45) is 1.73. The number of hydrogen-bond donors (Lipinski definition) is 3. The highest BCUT2D eigenvalue weighted by Crippen LogP contribution is 2.21. The number of nitrogens with one attached hydrogen (secondary N) is 3. The zero-order valence-corrected chi connectivity index (χ0v) is 13.6. The first kappa shape index (κ1) is 16.0. The molecule has 122 valence electrons. The van der Waals surface area contributed by atoms with Crippen LogP contribution in [0.2, 0.25) is 5.02 Å². The maximum Gasteiger partial charge on any atom is 0.226 e. The number of aromatic nitrogens is 1. The number of hydrogen-bond acceptors (Lipinski definition) is 5. The quantitative estimate of drug-likeness (QED) is 0.776. The highest BCUT2D eigenvalue weighted by molar-refractivity contribution is 6.30. The van der Waals surface area contributed by atoms with E-state index < -0.39 is 0 Å². The third-order valence-corrected chi connectivity index (χ3v) is 4.20. The summed E-state index contributed by atoms with van der Waals surface area (Å²) in [5.41, 5.74) is 7.66. The molecule has 0 bridgehead atoms. The largest absolute Gasteiger partial charge is 0.444 e. The molecule has 0 aliphatic carbocycles. The lowest BCUT2D eigenvalue weighted by molar-refractivity contribution is -0.120. The van der Waals surface area contributed by atoms with Crippen LogP contribution in [0.3, 0.4) is 0 Å². The van der Waals surface area contributed by atoms with Gasteiger partial charge in [-0.3, -0.25) is 15.6 Å². The first-order chi connectivity index (χ1) is 11.1. The molecular weight excluding hydrogens is 316 g/mol. The lowest BCUT2D eigenvalue weighted by Gasteiger charge is -2.13. The number of oxazole rings is 1. The Bertz CT molecular complexity index is 671. The Morgan fingerprint density at radius 3 is 2.91 bits per heavy atom. The van der Waals surface area contributed by atoms with E-state index >= 15 is 0 Å². The van der Waals surface area contributed by atoms with Crippen molar-refractivity contribution in [1.82, 2.24) is 21.2 Å². The van der Waals surface area contributed by atoms with Crippen molar-refractivity contribution in [3.8, 4) is 11.5 Å². The first-order valence-electron chi connectivity index (χ1n) is 7.57. The number of benzene rings is 1. The van der Waals surface area contributed by atoms with Gasteiger partial charge in [0, 0.05) is 35.6 Å². The minimum absolute atomic E-state index is 0.0555. The number of rotatable bonds is 5. The summed E-state index contributed by atoms with van der Waals surface area (Å²) in [5.74, 6) is 0.822. The molecule has 1 aliphatic heterocycles. The van der Waals surface area contributed by atoms with Gasteiger partial charge in [0.15, 0.2) is 0 Å². The van der Waals surface area contributed by atoms with Gasteiger partial charge in [0.25, 0.3) is 0 Å². The smallest absolute Gasteiger partial charge is 0.226 e. The van der Waals surface area contributed by atoms with Gasteiger partial charge >= 0.3 is 0 Å².